The maximum atomic E-state index is 5.75. The van der Waals surface area contributed by atoms with Crippen molar-refractivity contribution in [2.75, 3.05) is 0 Å². The van der Waals surface area contributed by atoms with Gasteiger partial charge >= 0.3 is 0 Å². The summed E-state index contributed by atoms with van der Waals surface area (Å²) in [5.41, 5.74) is 0. The van der Waals surface area contributed by atoms with Crippen LogP contribution < -0.4 is 0 Å². The molecule has 5 rings (SSSR count). The van der Waals surface area contributed by atoms with E-state index in [0.717, 1.165) is 11.8 Å². The van der Waals surface area contributed by atoms with Crippen molar-refractivity contribution in [1.29, 1.82) is 0 Å². The summed E-state index contributed by atoms with van der Waals surface area (Å²) in [7, 11) is 0. The molecule has 2 aliphatic carbocycles. The van der Waals surface area contributed by atoms with E-state index in [1.165, 1.54) is 25.7 Å². The van der Waals surface area contributed by atoms with Gasteiger partial charge in [-0.2, -0.15) is 0 Å². The Morgan fingerprint density at radius 1 is 0.833 bits per heavy atom. The van der Waals surface area contributed by atoms with Crippen LogP contribution in [0.15, 0.2) is 0 Å². The highest BCUT2D eigenvalue weighted by atomic mass is 16.6. The largest absolute Gasteiger partial charge is 0.375 e. The summed E-state index contributed by atoms with van der Waals surface area (Å²) < 4.78 is 11.3. The van der Waals surface area contributed by atoms with Gasteiger partial charge in [-0.1, -0.05) is 0 Å². The summed E-state index contributed by atoms with van der Waals surface area (Å²) in [6, 6.07) is 0. The highest BCUT2D eigenvalue weighted by Gasteiger charge is 2.58. The highest BCUT2D eigenvalue weighted by molar-refractivity contribution is 5.06. The zero-order valence-electron chi connectivity index (χ0n) is 7.11. The fourth-order valence-electron chi connectivity index (χ4n) is 3.56. The molecule has 0 spiro atoms. The van der Waals surface area contributed by atoms with E-state index in [0.29, 0.717) is 24.4 Å². The first-order valence-corrected chi connectivity index (χ1v) is 5.21. The first kappa shape index (κ1) is 6.39. The molecule has 3 aliphatic heterocycles. The highest BCUT2D eigenvalue weighted by Crippen LogP contribution is 2.54. The monoisotopic (exact) mass is 166 g/mol. The average Bonchev–Trinajstić information content (AvgIpc) is 2.71. The maximum Gasteiger partial charge on any atom is 0.0873 e. The summed E-state index contributed by atoms with van der Waals surface area (Å²) in [5.74, 6) is 1.82. The van der Waals surface area contributed by atoms with Crippen molar-refractivity contribution in [2.24, 2.45) is 11.8 Å². The molecule has 3 saturated heterocycles. The second-order valence-corrected chi connectivity index (χ2v) is 4.89. The Hall–Kier alpha value is -0.0800. The van der Waals surface area contributed by atoms with Crippen molar-refractivity contribution in [3.8, 4) is 0 Å². The van der Waals surface area contributed by atoms with Gasteiger partial charge in [0.15, 0.2) is 0 Å². The Morgan fingerprint density at radius 2 is 1.67 bits per heavy atom. The molecule has 12 heavy (non-hydrogen) atoms. The average molecular weight is 166 g/mol. The lowest BCUT2D eigenvalue weighted by atomic mass is 9.90. The number of rotatable bonds is 0. The van der Waals surface area contributed by atoms with Crippen LogP contribution in [-0.4, -0.2) is 24.4 Å². The van der Waals surface area contributed by atoms with Crippen LogP contribution in [-0.2, 0) is 9.47 Å². The quantitative estimate of drug-likeness (QED) is 0.506. The summed E-state index contributed by atoms with van der Waals surface area (Å²) in [5, 5.41) is 0. The fourth-order valence-corrected chi connectivity index (χ4v) is 3.56. The topological polar surface area (TPSA) is 21.8 Å². The minimum absolute atomic E-state index is 0.605. The van der Waals surface area contributed by atoms with Crippen LogP contribution in [0.3, 0.4) is 0 Å². The molecule has 6 unspecified atom stereocenters. The second-order valence-electron chi connectivity index (χ2n) is 4.89. The lowest BCUT2D eigenvalue weighted by Crippen LogP contribution is -2.35. The zero-order valence-corrected chi connectivity index (χ0v) is 7.11. The first-order chi connectivity index (χ1) is 5.90. The van der Waals surface area contributed by atoms with Crippen molar-refractivity contribution in [3.63, 3.8) is 0 Å². The Bertz CT molecular complexity index is 222. The van der Waals surface area contributed by atoms with Crippen LogP contribution in [0.5, 0.6) is 0 Å². The van der Waals surface area contributed by atoms with Crippen molar-refractivity contribution in [1.82, 2.24) is 0 Å². The molecule has 66 valence electrons. The molecule has 5 fully saturated rings. The van der Waals surface area contributed by atoms with E-state index in [-0.39, 0.29) is 0 Å². The molecule has 0 radical (unpaired) electrons. The predicted molar refractivity (Wildman–Crippen MR) is 42.8 cm³/mol. The van der Waals surface area contributed by atoms with E-state index in [1.807, 2.05) is 0 Å². The van der Waals surface area contributed by atoms with E-state index in [9.17, 15) is 0 Å². The Labute approximate surface area is 72.2 Å². The molecule has 0 aromatic carbocycles. The van der Waals surface area contributed by atoms with E-state index in [1.54, 1.807) is 0 Å². The number of hydrogen-bond acceptors (Lipinski definition) is 2. The number of epoxide rings is 1. The molecule has 0 amide bonds. The summed E-state index contributed by atoms with van der Waals surface area (Å²) >= 11 is 0. The van der Waals surface area contributed by atoms with Crippen LogP contribution in [0, 0.1) is 11.8 Å². The normalized spacial score (nSPS) is 66.0. The van der Waals surface area contributed by atoms with Crippen molar-refractivity contribution < 1.29 is 9.47 Å². The second kappa shape index (κ2) is 1.88. The summed E-state index contributed by atoms with van der Waals surface area (Å²) in [6.45, 7) is 0. The van der Waals surface area contributed by atoms with Gasteiger partial charge in [0.25, 0.3) is 0 Å². The molecule has 2 nitrogen and oxygen atoms in total. The lowest BCUT2D eigenvalue weighted by Gasteiger charge is -2.33. The molecular weight excluding hydrogens is 152 g/mol. The molecule has 0 aromatic heterocycles. The first-order valence-electron chi connectivity index (χ1n) is 5.21. The van der Waals surface area contributed by atoms with Gasteiger partial charge in [-0.15, -0.1) is 0 Å². The van der Waals surface area contributed by atoms with Gasteiger partial charge < -0.3 is 9.47 Å². The third-order valence-corrected chi connectivity index (χ3v) is 4.20. The van der Waals surface area contributed by atoms with Gasteiger partial charge in [-0.3, -0.25) is 0 Å². The summed E-state index contributed by atoms with van der Waals surface area (Å²) in [4.78, 5) is 0. The van der Waals surface area contributed by atoms with Gasteiger partial charge in [0.05, 0.1) is 24.4 Å². The van der Waals surface area contributed by atoms with Crippen LogP contribution >= 0.6 is 0 Å². The molecule has 2 heteroatoms. The standard InChI is InChI=1S/C10H14O2/c1-5-2-9-10(12-9)8(5)4-7-3-6(1)11-7/h5-10H,1-4H2. The Balaban J connectivity index is 1.64. The van der Waals surface area contributed by atoms with Crippen LogP contribution in [0.25, 0.3) is 0 Å². The third kappa shape index (κ3) is 0.686. The molecule has 2 bridgehead atoms. The van der Waals surface area contributed by atoms with Crippen LogP contribution in [0.2, 0.25) is 0 Å². The molecule has 3 heterocycles. The molecule has 5 aliphatic rings. The lowest BCUT2D eigenvalue weighted by molar-refractivity contribution is -0.121. The van der Waals surface area contributed by atoms with Crippen molar-refractivity contribution in [2.45, 2.75) is 50.1 Å². The minimum Gasteiger partial charge on any atom is -0.375 e. The maximum absolute atomic E-state index is 5.75. The molecule has 2 saturated carbocycles. The van der Waals surface area contributed by atoms with Gasteiger partial charge in [-0.25, -0.2) is 0 Å². The van der Waals surface area contributed by atoms with Gasteiger partial charge in [-0.05, 0) is 37.5 Å². The molecule has 6 atom stereocenters. The van der Waals surface area contributed by atoms with Crippen molar-refractivity contribution >= 4 is 0 Å². The number of ether oxygens (including phenoxy) is 2. The third-order valence-electron chi connectivity index (χ3n) is 4.20. The van der Waals surface area contributed by atoms with E-state index >= 15 is 0 Å². The fraction of sp³-hybridized carbons (Fsp3) is 1.00. The Morgan fingerprint density at radius 3 is 2.58 bits per heavy atom. The SMILES string of the molecule is C1C2CC3CC4OC4C3CC1O2. The smallest absolute Gasteiger partial charge is 0.0873 e. The van der Waals surface area contributed by atoms with Gasteiger partial charge in [0.2, 0.25) is 0 Å². The molecule has 0 N–H and O–H groups in total. The zero-order chi connectivity index (χ0) is 7.71. The molecule has 0 aromatic rings. The van der Waals surface area contributed by atoms with E-state index < -0.39 is 0 Å². The number of fused-ring (bicyclic) bond motifs is 1. The number of hydrogen-bond donors (Lipinski definition) is 0. The Kier molecular flexibility index (Phi) is 0.999. The van der Waals surface area contributed by atoms with Crippen LogP contribution in [0.4, 0.5) is 0 Å². The van der Waals surface area contributed by atoms with Crippen molar-refractivity contribution in [3.05, 3.63) is 0 Å². The van der Waals surface area contributed by atoms with Gasteiger partial charge in [0, 0.05) is 0 Å². The predicted octanol–water partition coefficient (Wildman–Crippen LogP) is 1.34. The molecular formula is C10H14O2. The minimum atomic E-state index is 0.605. The van der Waals surface area contributed by atoms with Crippen LogP contribution in [0.1, 0.15) is 25.7 Å². The van der Waals surface area contributed by atoms with E-state index in [2.05, 4.69) is 0 Å². The van der Waals surface area contributed by atoms with E-state index in [4.69, 9.17) is 9.47 Å². The van der Waals surface area contributed by atoms with Gasteiger partial charge in [0.1, 0.15) is 0 Å². The summed E-state index contributed by atoms with van der Waals surface area (Å²) in [6.07, 6.45) is 7.84.